The number of fused-ring (bicyclic) bond motifs is 3. The van der Waals surface area contributed by atoms with Crippen LogP contribution in [0.3, 0.4) is 0 Å². The third-order valence-electron chi connectivity index (χ3n) is 5.35. The number of hydrogen-bond donors (Lipinski definition) is 0. The summed E-state index contributed by atoms with van der Waals surface area (Å²) in [5.74, 6) is -1.70. The minimum Gasteiger partial charge on any atom is -0.550 e. The van der Waals surface area contributed by atoms with Crippen LogP contribution in [0.25, 0.3) is 11.1 Å². The number of aliphatic carboxylic acids is 1. The molecule has 1 fully saturated rings. The van der Waals surface area contributed by atoms with Gasteiger partial charge in [0.15, 0.2) is 0 Å². The Hall–Kier alpha value is -2.82. The molecule has 1 saturated heterocycles. The monoisotopic (exact) mass is 350 g/mol. The first-order valence-corrected chi connectivity index (χ1v) is 8.96. The van der Waals surface area contributed by atoms with Crippen LogP contribution in [0, 0.1) is 5.92 Å². The Morgan fingerprint density at radius 1 is 1.04 bits per heavy atom. The van der Waals surface area contributed by atoms with Crippen molar-refractivity contribution in [2.24, 2.45) is 5.92 Å². The van der Waals surface area contributed by atoms with Gasteiger partial charge in [-0.1, -0.05) is 48.5 Å². The predicted octanol–water partition coefficient (Wildman–Crippen LogP) is 2.40. The van der Waals surface area contributed by atoms with Crippen LogP contribution in [0.1, 0.15) is 29.9 Å². The van der Waals surface area contributed by atoms with Crippen LogP contribution in [0.5, 0.6) is 0 Å². The number of carbonyl (C=O) groups excluding carboxylic acids is 2. The molecule has 4 rings (SSSR count). The summed E-state index contributed by atoms with van der Waals surface area (Å²) in [6, 6.07) is 16.3. The van der Waals surface area contributed by atoms with Gasteiger partial charge in [-0.2, -0.15) is 0 Å². The highest BCUT2D eigenvalue weighted by atomic mass is 16.6. The number of piperidine rings is 1. The Kier molecular flexibility index (Phi) is 4.37. The van der Waals surface area contributed by atoms with Gasteiger partial charge in [-0.15, -0.1) is 0 Å². The molecule has 0 radical (unpaired) electrons. The summed E-state index contributed by atoms with van der Waals surface area (Å²) in [5.41, 5.74) is 4.68. The fourth-order valence-electron chi connectivity index (χ4n) is 4.02. The number of carboxylic acids is 1. The van der Waals surface area contributed by atoms with Crippen molar-refractivity contribution in [1.29, 1.82) is 0 Å². The van der Waals surface area contributed by atoms with Crippen molar-refractivity contribution in [1.82, 2.24) is 4.90 Å². The topological polar surface area (TPSA) is 69.7 Å². The van der Waals surface area contributed by atoms with E-state index in [9.17, 15) is 14.7 Å². The molecule has 1 aliphatic carbocycles. The zero-order valence-corrected chi connectivity index (χ0v) is 14.4. The maximum atomic E-state index is 12.4. The van der Waals surface area contributed by atoms with E-state index in [1.165, 1.54) is 16.0 Å². The van der Waals surface area contributed by atoms with Gasteiger partial charge in [0, 0.05) is 30.9 Å². The first kappa shape index (κ1) is 16.6. The third-order valence-corrected chi connectivity index (χ3v) is 5.35. The Bertz CT molecular complexity index is 802. The highest BCUT2D eigenvalue weighted by molar-refractivity contribution is 5.79. The molecule has 1 atom stereocenters. The van der Waals surface area contributed by atoms with Gasteiger partial charge in [0.1, 0.15) is 6.61 Å². The van der Waals surface area contributed by atoms with E-state index in [4.69, 9.17) is 4.74 Å². The molecule has 2 aromatic carbocycles. The molecule has 1 amide bonds. The summed E-state index contributed by atoms with van der Waals surface area (Å²) in [4.78, 5) is 25.0. The Morgan fingerprint density at radius 2 is 1.65 bits per heavy atom. The SMILES string of the molecule is O=C([O-])[C@H]1CCCN(C(=O)OCC2c3ccccc3-c3ccccc32)C1. The van der Waals surface area contributed by atoms with Crippen LogP contribution < -0.4 is 5.11 Å². The summed E-state index contributed by atoms with van der Waals surface area (Å²) in [5, 5.41) is 11.1. The fraction of sp³-hybridized carbons (Fsp3) is 0.333. The van der Waals surface area contributed by atoms with Gasteiger partial charge < -0.3 is 19.5 Å². The molecule has 1 aliphatic heterocycles. The third kappa shape index (κ3) is 2.94. The van der Waals surface area contributed by atoms with Crippen LogP contribution in [0.15, 0.2) is 48.5 Å². The standard InChI is InChI=1S/C21H21NO4/c23-20(24)14-6-5-11-22(12-14)21(25)26-13-19-17-9-3-1-7-15(17)16-8-2-4-10-18(16)19/h1-4,7-10,14,19H,5-6,11-13H2,(H,23,24)/p-1/t14-/m0/s1. The van der Waals surface area contributed by atoms with E-state index in [0.29, 0.717) is 19.4 Å². The zero-order chi connectivity index (χ0) is 18.1. The zero-order valence-electron chi connectivity index (χ0n) is 14.4. The molecule has 2 aromatic rings. The number of nitrogens with zero attached hydrogens (tertiary/aromatic N) is 1. The van der Waals surface area contributed by atoms with E-state index < -0.39 is 18.0 Å². The van der Waals surface area contributed by atoms with Gasteiger partial charge >= 0.3 is 6.09 Å². The number of hydrogen-bond acceptors (Lipinski definition) is 4. The lowest BCUT2D eigenvalue weighted by molar-refractivity contribution is -0.312. The van der Waals surface area contributed by atoms with Crippen LogP contribution in [-0.2, 0) is 9.53 Å². The van der Waals surface area contributed by atoms with Gasteiger partial charge in [0.2, 0.25) is 0 Å². The number of amides is 1. The molecule has 0 unspecified atom stereocenters. The second kappa shape index (κ2) is 6.83. The Morgan fingerprint density at radius 3 is 2.27 bits per heavy atom. The van der Waals surface area contributed by atoms with Crippen molar-refractivity contribution < 1.29 is 19.4 Å². The van der Waals surface area contributed by atoms with Gasteiger partial charge in [-0.3, -0.25) is 0 Å². The van der Waals surface area contributed by atoms with Crippen molar-refractivity contribution in [3.8, 4) is 11.1 Å². The number of carbonyl (C=O) groups is 2. The van der Waals surface area contributed by atoms with E-state index in [0.717, 1.165) is 11.1 Å². The van der Waals surface area contributed by atoms with E-state index in [2.05, 4.69) is 24.3 Å². The van der Waals surface area contributed by atoms with Gasteiger partial charge in [-0.05, 0) is 35.1 Å². The molecule has 0 aromatic heterocycles. The highest BCUT2D eigenvalue weighted by Crippen LogP contribution is 2.44. The molecular formula is C21H20NO4-. The molecule has 0 spiro atoms. The first-order chi connectivity index (χ1) is 12.6. The Labute approximate surface area is 152 Å². The normalized spacial score (nSPS) is 18.9. The van der Waals surface area contributed by atoms with Crippen molar-refractivity contribution >= 4 is 12.1 Å². The lowest BCUT2D eigenvalue weighted by Crippen LogP contribution is -2.46. The van der Waals surface area contributed by atoms with E-state index in [1.54, 1.807) is 0 Å². The molecule has 134 valence electrons. The number of benzene rings is 2. The van der Waals surface area contributed by atoms with Crippen LogP contribution in [0.2, 0.25) is 0 Å². The molecule has 5 nitrogen and oxygen atoms in total. The maximum Gasteiger partial charge on any atom is 0.409 e. The quantitative estimate of drug-likeness (QED) is 0.852. The van der Waals surface area contributed by atoms with Crippen LogP contribution in [0.4, 0.5) is 4.79 Å². The van der Waals surface area contributed by atoms with Gasteiger partial charge in [-0.25, -0.2) is 4.79 Å². The van der Waals surface area contributed by atoms with Gasteiger partial charge in [0.05, 0.1) is 0 Å². The molecule has 2 aliphatic rings. The first-order valence-electron chi connectivity index (χ1n) is 8.96. The van der Waals surface area contributed by atoms with Gasteiger partial charge in [0.25, 0.3) is 0 Å². The molecule has 5 heteroatoms. The minimum absolute atomic E-state index is 0.00748. The van der Waals surface area contributed by atoms with Crippen LogP contribution in [-0.4, -0.2) is 36.7 Å². The smallest absolute Gasteiger partial charge is 0.409 e. The van der Waals surface area contributed by atoms with E-state index >= 15 is 0 Å². The van der Waals surface area contributed by atoms with Crippen LogP contribution >= 0.6 is 0 Å². The minimum atomic E-state index is -1.10. The van der Waals surface area contributed by atoms with E-state index in [1.807, 2.05) is 24.3 Å². The van der Waals surface area contributed by atoms with Crippen molar-refractivity contribution in [3.05, 3.63) is 59.7 Å². The summed E-state index contributed by atoms with van der Waals surface area (Å²) in [6.07, 6.45) is 0.760. The summed E-state index contributed by atoms with van der Waals surface area (Å²) in [6.45, 7) is 0.943. The van der Waals surface area contributed by atoms with Crippen molar-refractivity contribution in [2.45, 2.75) is 18.8 Å². The van der Waals surface area contributed by atoms with Crippen molar-refractivity contribution in [3.63, 3.8) is 0 Å². The largest absolute Gasteiger partial charge is 0.550 e. The highest BCUT2D eigenvalue weighted by Gasteiger charge is 2.30. The average Bonchev–Trinajstić information content (AvgIpc) is 3.00. The van der Waals surface area contributed by atoms with Crippen molar-refractivity contribution in [2.75, 3.05) is 19.7 Å². The lowest BCUT2D eigenvalue weighted by Gasteiger charge is -2.32. The molecule has 1 heterocycles. The summed E-state index contributed by atoms with van der Waals surface area (Å²) < 4.78 is 5.58. The number of likely N-dealkylation sites (tertiary alicyclic amines) is 1. The summed E-state index contributed by atoms with van der Waals surface area (Å²) in [7, 11) is 0. The number of ether oxygens (including phenoxy) is 1. The second-order valence-corrected chi connectivity index (χ2v) is 6.91. The molecule has 0 saturated carbocycles. The average molecular weight is 350 g/mol. The second-order valence-electron chi connectivity index (χ2n) is 6.91. The lowest BCUT2D eigenvalue weighted by atomic mass is 9.98. The molecular weight excluding hydrogens is 330 g/mol. The van der Waals surface area contributed by atoms with E-state index in [-0.39, 0.29) is 19.1 Å². The Balaban J connectivity index is 1.48. The summed E-state index contributed by atoms with van der Waals surface area (Å²) >= 11 is 0. The number of carboxylic acid groups (broad SMARTS) is 1. The molecule has 0 N–H and O–H groups in total. The maximum absolute atomic E-state index is 12.4. The number of rotatable bonds is 3. The molecule has 0 bridgehead atoms. The fourth-order valence-corrected chi connectivity index (χ4v) is 4.02. The molecule has 26 heavy (non-hydrogen) atoms. The predicted molar refractivity (Wildman–Crippen MR) is 94.4 cm³/mol.